The van der Waals surface area contributed by atoms with Gasteiger partial charge in [-0.05, 0) is 110 Å². The van der Waals surface area contributed by atoms with E-state index in [1.54, 1.807) is 41.5 Å². The monoisotopic (exact) mass is 800 g/mol. The fraction of sp³-hybridized carbons (Fsp3) is 0.273. The molecule has 4 aromatic carbocycles. The number of hydrogen-bond donors (Lipinski definition) is 2. The van der Waals surface area contributed by atoms with Crippen LogP contribution in [-0.4, -0.2) is 55.9 Å². The van der Waals surface area contributed by atoms with Crippen LogP contribution in [0.3, 0.4) is 0 Å². The van der Waals surface area contributed by atoms with Gasteiger partial charge in [0.05, 0.1) is 29.2 Å². The van der Waals surface area contributed by atoms with Crippen molar-refractivity contribution in [2.24, 2.45) is 0 Å². The minimum absolute atomic E-state index is 0.100. The third-order valence-corrected chi connectivity index (χ3v) is 16.6. The zero-order valence-corrected chi connectivity index (χ0v) is 32.3. The van der Waals surface area contributed by atoms with E-state index in [0.29, 0.717) is 24.1 Å². The topological polar surface area (TPSA) is 220 Å². The van der Waals surface area contributed by atoms with Crippen LogP contribution in [0.5, 0.6) is 11.5 Å². The van der Waals surface area contributed by atoms with Crippen molar-refractivity contribution in [3.8, 4) is 11.5 Å². The van der Waals surface area contributed by atoms with Crippen LogP contribution in [0.15, 0.2) is 119 Å². The SMILES string of the molecule is CCC(C)(C)S(=O)(=O)c1ccc(Oc2ccc(S(=O)(=O)c3ccc(S(=O)(=O)c4ccc(C(C)(C)C)cc4S(=O)(=O)O)c(S(=O)(=O)O)c3)cc2)cc1. The summed E-state index contributed by atoms with van der Waals surface area (Å²) in [7, 11) is -23.9. The number of ether oxygens (including phenoxy) is 1. The van der Waals surface area contributed by atoms with E-state index in [1.165, 1.54) is 42.5 Å². The summed E-state index contributed by atoms with van der Waals surface area (Å²) >= 11 is 0. The summed E-state index contributed by atoms with van der Waals surface area (Å²) in [6.07, 6.45) is 0.396. The van der Waals surface area contributed by atoms with E-state index < -0.39 is 84.4 Å². The van der Waals surface area contributed by atoms with Crippen LogP contribution >= 0.6 is 0 Å². The molecule has 0 atom stereocenters. The molecule has 0 radical (unpaired) electrons. The van der Waals surface area contributed by atoms with Gasteiger partial charge in [-0.1, -0.05) is 33.8 Å². The normalized spacial score (nSPS) is 13.6. The highest BCUT2D eigenvalue weighted by atomic mass is 32.2. The first-order chi connectivity index (χ1) is 23.1. The van der Waals surface area contributed by atoms with Crippen LogP contribution < -0.4 is 4.74 Å². The third kappa shape index (κ3) is 8.06. The van der Waals surface area contributed by atoms with Crippen molar-refractivity contribution in [3.05, 3.63) is 90.5 Å². The molecule has 4 aromatic rings. The Morgan fingerprint density at radius 2 is 0.922 bits per heavy atom. The Kier molecular flexibility index (Phi) is 10.5. The number of sulfone groups is 3. The molecule has 0 heterocycles. The average molecular weight is 801 g/mol. The van der Waals surface area contributed by atoms with Gasteiger partial charge in [-0.25, -0.2) is 25.3 Å². The van der Waals surface area contributed by atoms with Crippen LogP contribution in [0.1, 0.15) is 53.5 Å². The molecule has 0 unspecified atom stereocenters. The molecule has 18 heteroatoms. The van der Waals surface area contributed by atoms with Gasteiger partial charge in [-0.3, -0.25) is 9.11 Å². The Hall–Kier alpha value is -3.65. The van der Waals surface area contributed by atoms with Crippen molar-refractivity contribution in [3.63, 3.8) is 0 Å². The summed E-state index contributed by atoms with van der Waals surface area (Å²) in [5.41, 5.74) is -0.369. The second-order valence-corrected chi connectivity index (χ2v) is 22.3. The van der Waals surface area contributed by atoms with Crippen LogP contribution in [0, 0.1) is 0 Å². The first kappa shape index (κ1) is 40.1. The van der Waals surface area contributed by atoms with Gasteiger partial charge in [0.15, 0.2) is 9.84 Å². The van der Waals surface area contributed by atoms with Gasteiger partial charge in [-0.15, -0.1) is 0 Å². The minimum atomic E-state index is -5.45. The fourth-order valence-electron chi connectivity index (χ4n) is 4.75. The molecule has 51 heavy (non-hydrogen) atoms. The molecule has 0 aliphatic carbocycles. The second-order valence-electron chi connectivity index (χ2n) is 13.1. The van der Waals surface area contributed by atoms with Gasteiger partial charge in [0, 0.05) is 0 Å². The molecule has 0 aliphatic heterocycles. The summed E-state index contributed by atoms with van der Waals surface area (Å²) in [6, 6.07) is 15.3. The first-order valence-corrected chi connectivity index (χ1v) is 22.3. The third-order valence-electron chi connectivity index (χ3n) is 8.25. The van der Waals surface area contributed by atoms with E-state index in [0.717, 1.165) is 30.3 Å². The van der Waals surface area contributed by atoms with E-state index in [9.17, 15) is 51.2 Å². The molecule has 4 rings (SSSR count). The fourth-order valence-corrected chi connectivity index (χ4v) is 11.5. The highest BCUT2D eigenvalue weighted by Crippen LogP contribution is 2.37. The molecule has 0 saturated carbocycles. The van der Waals surface area contributed by atoms with Crippen LogP contribution in [0.2, 0.25) is 0 Å². The van der Waals surface area contributed by atoms with E-state index in [1.807, 2.05) is 0 Å². The number of benzene rings is 4. The van der Waals surface area contributed by atoms with Gasteiger partial charge < -0.3 is 4.74 Å². The Morgan fingerprint density at radius 3 is 1.35 bits per heavy atom. The largest absolute Gasteiger partial charge is 0.457 e. The van der Waals surface area contributed by atoms with Gasteiger partial charge in [0.2, 0.25) is 19.7 Å². The van der Waals surface area contributed by atoms with Crippen molar-refractivity contribution in [2.45, 2.75) is 92.4 Å². The Morgan fingerprint density at radius 1 is 0.510 bits per heavy atom. The molecule has 2 N–H and O–H groups in total. The van der Waals surface area contributed by atoms with Crippen LogP contribution in [-0.2, 0) is 55.2 Å². The average Bonchev–Trinajstić information content (AvgIpc) is 3.03. The molecule has 0 aliphatic rings. The Balaban J connectivity index is 1.71. The van der Waals surface area contributed by atoms with Gasteiger partial charge in [0.1, 0.15) is 21.3 Å². The number of rotatable bonds is 11. The quantitative estimate of drug-likeness (QED) is 0.169. The first-order valence-electron chi connectivity index (χ1n) is 15.0. The zero-order chi connectivity index (χ0) is 38.6. The van der Waals surface area contributed by atoms with Gasteiger partial charge >= 0.3 is 0 Å². The summed E-state index contributed by atoms with van der Waals surface area (Å²) in [6.45, 7) is 10.1. The lowest BCUT2D eigenvalue weighted by molar-refractivity contribution is 0.478. The molecule has 0 amide bonds. The lowest BCUT2D eigenvalue weighted by Gasteiger charge is -2.23. The zero-order valence-electron chi connectivity index (χ0n) is 28.2. The summed E-state index contributed by atoms with van der Waals surface area (Å²) in [4.78, 5) is -5.54. The maximum Gasteiger partial charge on any atom is 0.295 e. The maximum atomic E-state index is 13.7. The number of hydrogen-bond acceptors (Lipinski definition) is 11. The van der Waals surface area contributed by atoms with Gasteiger partial charge in [-0.2, -0.15) is 16.8 Å². The Labute approximate surface area is 298 Å². The lowest BCUT2D eigenvalue weighted by atomic mass is 9.87. The molecule has 0 aromatic heterocycles. The lowest BCUT2D eigenvalue weighted by Crippen LogP contribution is -2.30. The van der Waals surface area contributed by atoms with E-state index in [4.69, 9.17) is 4.74 Å². The van der Waals surface area contributed by atoms with Crippen LogP contribution in [0.4, 0.5) is 0 Å². The van der Waals surface area contributed by atoms with Crippen molar-refractivity contribution < 1.29 is 55.9 Å². The molecular formula is C33H36O13S5. The van der Waals surface area contributed by atoms with Crippen molar-refractivity contribution >= 4 is 49.7 Å². The standard InChI is InChI=1S/C33H36O13S5/c1-7-33(5,6)49(38,39)26-15-11-24(12-16-26)46-23-9-13-25(14-10-23)47(34,35)27-17-19-29(31(21-27)51(43,44)45)48(36,37)28-18-8-22(32(2,3)4)20-30(28)50(40,41)42/h8-21H,7H2,1-6H3,(H,40,41,42)(H,43,44,45). The second kappa shape index (κ2) is 13.4. The molecular weight excluding hydrogens is 765 g/mol. The summed E-state index contributed by atoms with van der Waals surface area (Å²) < 4.78 is 154. The van der Waals surface area contributed by atoms with Gasteiger partial charge in [0.25, 0.3) is 20.2 Å². The maximum absolute atomic E-state index is 13.7. The predicted molar refractivity (Wildman–Crippen MR) is 187 cm³/mol. The molecule has 13 nitrogen and oxygen atoms in total. The van der Waals surface area contributed by atoms with E-state index in [-0.39, 0.29) is 21.3 Å². The smallest absolute Gasteiger partial charge is 0.295 e. The molecule has 0 saturated heterocycles. The molecule has 0 fully saturated rings. The summed E-state index contributed by atoms with van der Waals surface area (Å²) in [5, 5.41) is 0. The molecule has 0 spiro atoms. The predicted octanol–water partition coefficient (Wildman–Crippen LogP) is 5.90. The van der Waals surface area contributed by atoms with Crippen LogP contribution in [0.25, 0.3) is 0 Å². The Bertz CT molecular complexity index is 2550. The van der Waals surface area contributed by atoms with E-state index >= 15 is 0 Å². The van der Waals surface area contributed by atoms with Crippen molar-refractivity contribution in [1.82, 2.24) is 0 Å². The van der Waals surface area contributed by atoms with Crippen molar-refractivity contribution in [1.29, 1.82) is 0 Å². The van der Waals surface area contributed by atoms with Crippen molar-refractivity contribution in [2.75, 3.05) is 0 Å². The highest BCUT2D eigenvalue weighted by Gasteiger charge is 2.35. The highest BCUT2D eigenvalue weighted by molar-refractivity contribution is 7.94. The molecule has 0 bridgehead atoms. The molecule has 276 valence electrons. The summed E-state index contributed by atoms with van der Waals surface area (Å²) in [5.74, 6) is 0.407. The van der Waals surface area contributed by atoms with E-state index in [2.05, 4.69) is 0 Å². The minimum Gasteiger partial charge on any atom is -0.457 e.